The van der Waals surface area contributed by atoms with Gasteiger partial charge in [-0.3, -0.25) is 67.7 Å². The van der Waals surface area contributed by atoms with Crippen LogP contribution in [0.3, 0.4) is 0 Å². The molecule has 5 rings (SSSR count). The van der Waals surface area contributed by atoms with Gasteiger partial charge in [0.25, 0.3) is 3.79 Å². The standard InChI is InChI=1S/C14H18Cl3NO7.C14H20O8.C12H17BrO6.C12H18O7.C6H8O6.CHO3.2Ag/c1-5-9(6(2)19)24-12(25-13(18)14(15,16)17)11(23-8(4)21)10(5)22-7(3)20;1-6-11(7(2)15)22-14(21-10(5)18)13(20-9(4)17)12(6)19-8(3)16;1-5-9(6(2)14)19-12(13)11(18-8(4)16)10(5)17-7(3)15;1-5-9(6(2)13)19-12(16)11(18-8(4)15)10(5)17-7(3)14;7-1-2(8)5-3(9)4(10)6(11)12-5;2-1-4-3;;/h5,9-12,18H,1-4H3;6,11-14H,1-5H3;5,9-12H,1-4H3;5,9-12,16H,1-4H3;1-5,8-10H;3H;;/q;;;;;-1;;+1/t5-,9+,10+,11-,12-;6-,11+,12+,13-,14-;2*5-,9+,10+,11-,12?;2-,3+,4-,5+;;;/m11110.../s1. The SMILES string of the molecule is CC(=O)O[C@@H]1O[C@H](C(C)=O)[C@@H](C)[C@H](OC(C)=O)[C@H]1OC(C)=O.CC(=O)O[C@H]1[C@@H](OC(=N)C(Cl)(Cl)Cl)O[C@H](C(C)=O)[C@@H](C)[C@@H]1OC(C)=O.CC(=O)O[C@H]1[C@H](C)[C@@H](C(C)=O)OC(Br)[C@@H]1OC(C)=O.CC(=O)O[C@H]1[C@H](C)[C@@H](C(C)=O)OC(O)[C@@H]1OC(C)=O.O=C[C@H](O)[C@H]1OC(=O)[C@@H](O)[C@H]1O.O=[C-]OO.[Ag+].[Ag]. The van der Waals surface area contributed by atoms with Crippen LogP contribution in [-0.2, 0) is 197 Å². The summed E-state index contributed by atoms with van der Waals surface area (Å²) in [6.45, 7) is 23.3. The number of alkyl halides is 4. The third-order valence-corrected chi connectivity index (χ3v) is 15.2. The molecule has 5 aliphatic rings. The van der Waals surface area contributed by atoms with Gasteiger partial charge in [-0.05, 0) is 34.2 Å². The summed E-state index contributed by atoms with van der Waals surface area (Å²) in [7, 11) is 0. The molecule has 595 valence electrons. The van der Waals surface area contributed by atoms with E-state index in [-0.39, 0.29) is 74.2 Å². The van der Waals surface area contributed by atoms with Gasteiger partial charge in [-0.2, -0.15) is 0 Å². The first-order valence-electron chi connectivity index (χ1n) is 29.6. The van der Waals surface area contributed by atoms with Crippen molar-refractivity contribution in [2.75, 3.05) is 0 Å². The van der Waals surface area contributed by atoms with E-state index in [1.54, 1.807) is 27.7 Å². The number of ether oxygens (including phenoxy) is 15. The molecule has 2 unspecified atom stereocenters. The molecule has 0 spiro atoms. The first-order chi connectivity index (χ1) is 46.4. The van der Waals surface area contributed by atoms with Crippen molar-refractivity contribution < 1.29 is 223 Å². The largest absolute Gasteiger partial charge is 1.00 e. The fraction of sp³-hybridized carbons (Fsp3) is 0.712. The zero-order valence-corrected chi connectivity index (χ0v) is 64.7. The van der Waals surface area contributed by atoms with Gasteiger partial charge in [0.15, 0.2) is 77.3 Å². The van der Waals surface area contributed by atoms with Crippen LogP contribution in [0, 0.1) is 29.1 Å². The Kier molecular flexibility index (Phi) is 47.3. The minimum Gasteiger partial charge on any atom is -0.509 e. The van der Waals surface area contributed by atoms with Crippen LogP contribution in [0.2, 0.25) is 0 Å². The number of cyclic esters (lactones) is 1. The Morgan fingerprint density at radius 2 is 0.748 bits per heavy atom. The number of aldehydes is 1. The van der Waals surface area contributed by atoms with Crippen LogP contribution in [0.25, 0.3) is 0 Å². The maximum atomic E-state index is 11.8. The van der Waals surface area contributed by atoms with Gasteiger partial charge < -0.3 is 106 Å². The minimum absolute atomic E-state index is 0. The second-order valence-electron chi connectivity index (χ2n) is 22.4. The van der Waals surface area contributed by atoms with Crippen molar-refractivity contribution in [3.63, 3.8) is 0 Å². The fourth-order valence-electron chi connectivity index (χ4n) is 9.96. The van der Waals surface area contributed by atoms with E-state index in [4.69, 9.17) is 132 Å². The Bertz CT molecular complexity index is 2860. The molecule has 44 heteroatoms. The van der Waals surface area contributed by atoms with E-state index < -0.39 is 215 Å². The number of ketones is 4. The predicted octanol–water partition coefficient (Wildman–Crippen LogP) is 0.245. The monoisotopic (exact) mass is 1790 g/mol. The van der Waals surface area contributed by atoms with Crippen LogP contribution < -0.4 is 0 Å². The second kappa shape index (κ2) is 47.9. The summed E-state index contributed by atoms with van der Waals surface area (Å²) in [6, 6.07) is 0. The van der Waals surface area contributed by atoms with Crippen LogP contribution in [-0.4, -0.2) is 253 Å². The summed E-state index contributed by atoms with van der Waals surface area (Å²) in [6.07, 6.45) is -22.0. The summed E-state index contributed by atoms with van der Waals surface area (Å²) in [4.78, 5) is 179. The van der Waals surface area contributed by atoms with Crippen molar-refractivity contribution in [2.24, 2.45) is 23.7 Å². The average molecular weight is 1800 g/mol. The number of aliphatic hydroxyl groups is 4. The number of carbonyl (C=O) groups excluding carboxylic acids is 16. The third-order valence-electron chi connectivity index (χ3n) is 13.9. The predicted molar refractivity (Wildman–Crippen MR) is 334 cm³/mol. The van der Waals surface area contributed by atoms with Crippen LogP contribution >= 0.6 is 50.7 Å². The smallest absolute Gasteiger partial charge is 0.509 e. The summed E-state index contributed by atoms with van der Waals surface area (Å²) >= 11 is 19.9. The maximum Gasteiger partial charge on any atom is 1.00 e. The number of hydrogen-bond donors (Lipinski definition) is 6. The summed E-state index contributed by atoms with van der Waals surface area (Å²) in [5, 5.41) is 50.4. The molecule has 5 aliphatic heterocycles. The van der Waals surface area contributed by atoms with Gasteiger partial charge in [-0.25, -0.2) is 10.1 Å². The zero-order chi connectivity index (χ0) is 78.7. The number of Topliss-reactive ketones (excluding diaryl/α,β-unsaturated/α-hetero) is 4. The molecule has 0 amide bonds. The molecular weight excluding hydrogens is 1720 g/mol. The van der Waals surface area contributed by atoms with Gasteiger partial charge in [-0.1, -0.05) is 78.4 Å². The molecule has 1 radical (unpaired) electrons. The van der Waals surface area contributed by atoms with E-state index in [1.807, 2.05) is 0 Å². The zero-order valence-electron chi connectivity index (χ0n) is 57.8. The van der Waals surface area contributed by atoms with Gasteiger partial charge in [0, 0.05) is 108 Å². The maximum absolute atomic E-state index is 11.8. The van der Waals surface area contributed by atoms with E-state index in [0.29, 0.717) is 0 Å². The van der Waals surface area contributed by atoms with E-state index in [0.717, 1.165) is 34.2 Å². The summed E-state index contributed by atoms with van der Waals surface area (Å²) < 4.78 is 74.6. The first-order valence-corrected chi connectivity index (χ1v) is 31.7. The number of hydrogen-bond acceptors (Lipinski definition) is 38. The van der Waals surface area contributed by atoms with Crippen molar-refractivity contribution in [2.45, 2.75) is 243 Å². The van der Waals surface area contributed by atoms with E-state index in [2.05, 4.69) is 25.6 Å². The van der Waals surface area contributed by atoms with Crippen LogP contribution in [0.1, 0.15) is 118 Å². The van der Waals surface area contributed by atoms with Crippen LogP contribution in [0.4, 0.5) is 0 Å². The molecule has 0 aromatic carbocycles. The van der Waals surface area contributed by atoms with E-state index in [9.17, 15) is 77.0 Å². The van der Waals surface area contributed by atoms with Crippen molar-refractivity contribution in [1.29, 1.82) is 5.41 Å². The van der Waals surface area contributed by atoms with E-state index >= 15 is 0 Å². The molecule has 24 atom stereocenters. The van der Waals surface area contributed by atoms with Gasteiger partial charge in [0.1, 0.15) is 48.8 Å². The number of halogens is 4. The molecule has 0 aliphatic carbocycles. The summed E-state index contributed by atoms with van der Waals surface area (Å²) in [5.41, 5.74) is 0. The summed E-state index contributed by atoms with van der Waals surface area (Å²) in [5.74, 6) is -10.7. The molecule has 0 saturated carbocycles. The van der Waals surface area contributed by atoms with Crippen molar-refractivity contribution >= 4 is 152 Å². The molecule has 0 aromatic rings. The molecule has 5 heterocycles. The van der Waals surface area contributed by atoms with E-state index in [1.165, 1.54) is 62.3 Å². The quantitative estimate of drug-likeness (QED) is 0.0109. The van der Waals surface area contributed by atoms with Crippen molar-refractivity contribution in [1.82, 2.24) is 0 Å². The average Bonchev–Trinajstić information content (AvgIpc) is 1.65. The fourth-order valence-corrected chi connectivity index (χ4v) is 10.7. The van der Waals surface area contributed by atoms with Gasteiger partial charge in [0.2, 0.25) is 30.7 Å². The van der Waals surface area contributed by atoms with Gasteiger partial charge in [0.05, 0.1) is 0 Å². The van der Waals surface area contributed by atoms with Crippen molar-refractivity contribution in [3.05, 3.63) is 0 Å². The number of carbonyl (C=O) groups is 15. The van der Waals surface area contributed by atoms with Gasteiger partial charge >= 0.3 is 82.1 Å². The Morgan fingerprint density at radius 3 is 1.02 bits per heavy atom. The molecular formula is C59H82Ag2BrCl3NO37. The van der Waals surface area contributed by atoms with Crippen molar-refractivity contribution in [3.8, 4) is 0 Å². The number of rotatable bonds is 17. The van der Waals surface area contributed by atoms with Crippen LogP contribution in [0.15, 0.2) is 0 Å². The Balaban J connectivity index is -0.00000121. The molecule has 5 fully saturated rings. The molecule has 6 N–H and O–H groups in total. The normalized spacial score (nSPS) is 31.1. The molecule has 38 nitrogen and oxygen atoms in total. The molecule has 5 saturated heterocycles. The number of esters is 10. The Hall–Kier alpha value is -5.54. The first kappa shape index (κ1) is 102. The second-order valence-corrected chi connectivity index (χ2v) is 25.6. The molecule has 0 bridgehead atoms. The molecule has 103 heavy (non-hydrogen) atoms. The van der Waals surface area contributed by atoms with Crippen LogP contribution in [0.5, 0.6) is 0 Å². The Labute approximate surface area is 643 Å². The van der Waals surface area contributed by atoms with Gasteiger partial charge in [-0.15, -0.1) is 0 Å². The third kappa shape index (κ3) is 33.8. The minimum atomic E-state index is -2.20. The Morgan fingerprint density at radius 1 is 0.485 bits per heavy atom. The molecule has 0 aromatic heterocycles. The topological polar surface area (TPSA) is 546 Å². The number of aliphatic hydroxyl groups excluding tert-OH is 4. The number of nitrogens with one attached hydrogen (secondary N) is 1.